The van der Waals surface area contributed by atoms with Crippen molar-refractivity contribution >= 4 is 46.7 Å². The van der Waals surface area contributed by atoms with Crippen molar-refractivity contribution in [2.45, 2.75) is 24.9 Å². The maximum absolute atomic E-state index is 13.4. The molecule has 194 valence electrons. The number of amides is 2. The van der Waals surface area contributed by atoms with E-state index in [2.05, 4.69) is 32.1 Å². The van der Waals surface area contributed by atoms with E-state index in [4.69, 9.17) is 32.7 Å². The van der Waals surface area contributed by atoms with Gasteiger partial charge in [0.25, 0.3) is 0 Å². The molecule has 0 saturated carbocycles. The highest BCUT2D eigenvalue weighted by atomic mass is 35.5. The summed E-state index contributed by atoms with van der Waals surface area (Å²) in [6.45, 7) is 5.21. The van der Waals surface area contributed by atoms with Gasteiger partial charge in [-0.25, -0.2) is 9.78 Å². The third-order valence-corrected chi connectivity index (χ3v) is 6.98. The smallest absolute Gasteiger partial charge is 0.330 e. The molecule has 3 N–H and O–H groups in total. The Kier molecular flexibility index (Phi) is 7.76. The first-order valence-electron chi connectivity index (χ1n) is 11.2. The molecule has 0 radical (unpaired) electrons. The van der Waals surface area contributed by atoms with Crippen molar-refractivity contribution < 1.29 is 19.4 Å². The van der Waals surface area contributed by atoms with Gasteiger partial charge in [0, 0.05) is 44.0 Å². The van der Waals surface area contributed by atoms with Gasteiger partial charge in [0.05, 0.1) is 32.5 Å². The minimum Gasteiger partial charge on any atom is -0.495 e. The molecule has 3 unspecified atom stereocenters. The monoisotopic (exact) mass is 537 g/mol. The molecule has 3 atom stereocenters. The summed E-state index contributed by atoms with van der Waals surface area (Å²) in [7, 11) is 6.56. The summed E-state index contributed by atoms with van der Waals surface area (Å²) in [6.07, 6.45) is 2.28. The first kappa shape index (κ1) is 26.2. The zero-order valence-corrected chi connectivity index (χ0v) is 22.0. The lowest BCUT2D eigenvalue weighted by Gasteiger charge is -2.35. The minimum atomic E-state index is -0.820. The summed E-state index contributed by atoms with van der Waals surface area (Å²) in [5.41, 5.74) is 0.986. The summed E-state index contributed by atoms with van der Waals surface area (Å²) in [6, 6.07) is 1.08. The number of likely N-dealkylation sites (N-methyl/N-ethyl adjacent to an activating group) is 1. The van der Waals surface area contributed by atoms with E-state index in [1.165, 1.54) is 30.1 Å². The Bertz CT molecular complexity index is 1140. The van der Waals surface area contributed by atoms with Crippen molar-refractivity contribution in [3.63, 3.8) is 0 Å². The third-order valence-electron chi connectivity index (χ3n) is 6.25. The number of fused-ring (bicyclic) bond motifs is 1. The number of anilines is 3. The molecule has 36 heavy (non-hydrogen) atoms. The molecule has 2 aromatic rings. The van der Waals surface area contributed by atoms with Crippen molar-refractivity contribution in [2.75, 3.05) is 56.5 Å². The van der Waals surface area contributed by atoms with Crippen LogP contribution in [0.15, 0.2) is 24.9 Å². The molecule has 1 fully saturated rings. The van der Waals surface area contributed by atoms with Crippen LogP contribution in [-0.4, -0.2) is 85.7 Å². The molecule has 0 spiro atoms. The molecule has 2 aliphatic heterocycles. The summed E-state index contributed by atoms with van der Waals surface area (Å²) in [5, 5.41) is 16.8. The fourth-order valence-electron chi connectivity index (χ4n) is 4.43. The Morgan fingerprint density at radius 3 is 2.44 bits per heavy atom. The molecule has 2 amide bonds. The molecule has 11 nitrogen and oxygen atoms in total. The van der Waals surface area contributed by atoms with E-state index in [0.29, 0.717) is 28.8 Å². The molecule has 2 aliphatic rings. The highest BCUT2D eigenvalue weighted by Gasteiger charge is 2.36. The Morgan fingerprint density at radius 1 is 1.19 bits per heavy atom. The molecule has 1 aromatic heterocycles. The van der Waals surface area contributed by atoms with E-state index in [1.807, 2.05) is 7.05 Å². The number of benzene rings is 1. The van der Waals surface area contributed by atoms with Gasteiger partial charge in [-0.15, -0.1) is 0 Å². The number of aliphatic hydroxyl groups is 1. The summed E-state index contributed by atoms with van der Waals surface area (Å²) in [4.78, 5) is 27.5. The van der Waals surface area contributed by atoms with Gasteiger partial charge >= 0.3 is 6.03 Å². The number of hydrogen-bond acceptors (Lipinski definition) is 9. The van der Waals surface area contributed by atoms with Crippen LogP contribution >= 0.6 is 23.2 Å². The lowest BCUT2D eigenvalue weighted by atomic mass is 10.1. The number of methoxy groups -OCH3 is 2. The fraction of sp³-hybridized carbons (Fsp3) is 0.435. The van der Waals surface area contributed by atoms with Crippen molar-refractivity contribution in [1.82, 2.24) is 20.2 Å². The molecule has 0 bridgehead atoms. The average Bonchev–Trinajstić information content (AvgIpc) is 3.20. The number of nitrogens with one attached hydrogen (secondary N) is 2. The number of hydrogen-bond donors (Lipinski definition) is 3. The van der Waals surface area contributed by atoms with Crippen LogP contribution in [0.4, 0.5) is 22.2 Å². The molecule has 0 aliphatic carbocycles. The number of nitrogens with zero attached hydrogens (tertiary/aromatic N) is 5. The van der Waals surface area contributed by atoms with Gasteiger partial charge in [-0.05, 0) is 13.1 Å². The number of aliphatic hydroxyl groups excluding tert-OH is 1. The van der Waals surface area contributed by atoms with E-state index >= 15 is 0 Å². The lowest BCUT2D eigenvalue weighted by molar-refractivity contribution is 0.166. The van der Waals surface area contributed by atoms with Crippen LogP contribution < -0.4 is 29.9 Å². The number of halogens is 2. The van der Waals surface area contributed by atoms with Gasteiger partial charge in [-0.2, -0.15) is 4.98 Å². The van der Waals surface area contributed by atoms with Gasteiger partial charge in [0.15, 0.2) is 0 Å². The number of aromatic nitrogens is 2. The van der Waals surface area contributed by atoms with Gasteiger partial charge in [-0.1, -0.05) is 29.8 Å². The second-order valence-corrected chi connectivity index (χ2v) is 9.41. The SMILES string of the molecule is C=CC(O)NC1CN(C)CC1Nc1ncc2c(n1)N(C)C(=O)N(c1c(Cl)c(OC)cc(OC)c1Cl)C2. The molecular formula is C23H29Cl2N7O4. The second-order valence-electron chi connectivity index (χ2n) is 8.65. The second kappa shape index (κ2) is 10.7. The van der Waals surface area contributed by atoms with Crippen LogP contribution in [0.5, 0.6) is 11.5 Å². The molecule has 1 saturated heterocycles. The molecule has 13 heteroatoms. The molecule has 3 heterocycles. The van der Waals surface area contributed by atoms with Crippen LogP contribution in [0.2, 0.25) is 10.0 Å². The maximum atomic E-state index is 13.4. The van der Waals surface area contributed by atoms with Crippen LogP contribution in [0.25, 0.3) is 0 Å². The van der Waals surface area contributed by atoms with Crippen molar-refractivity contribution in [3.05, 3.63) is 40.5 Å². The Balaban J connectivity index is 1.62. The highest BCUT2D eigenvalue weighted by Crippen LogP contribution is 2.47. The van der Waals surface area contributed by atoms with Gasteiger partial charge in [0.1, 0.15) is 33.6 Å². The third kappa shape index (κ3) is 4.89. The normalized spacial score (nSPS) is 20.8. The van der Waals surface area contributed by atoms with Crippen LogP contribution in [-0.2, 0) is 6.54 Å². The average molecular weight is 538 g/mol. The molecule has 4 rings (SSSR count). The van der Waals surface area contributed by atoms with Gasteiger partial charge in [-0.3, -0.25) is 15.1 Å². The van der Waals surface area contributed by atoms with Crippen LogP contribution in [0, 0.1) is 0 Å². The van der Waals surface area contributed by atoms with E-state index in [0.717, 1.165) is 13.1 Å². The fourth-order valence-corrected chi connectivity index (χ4v) is 5.14. The number of likely N-dealkylation sites (tertiary alicyclic amines) is 1. The number of carbonyl (C=O) groups excluding carboxylic acids is 1. The molecular weight excluding hydrogens is 509 g/mol. The van der Waals surface area contributed by atoms with Crippen molar-refractivity contribution in [3.8, 4) is 11.5 Å². The summed E-state index contributed by atoms with van der Waals surface area (Å²) >= 11 is 13.1. The van der Waals surface area contributed by atoms with Crippen LogP contribution in [0.3, 0.4) is 0 Å². The number of carbonyl (C=O) groups is 1. The van der Waals surface area contributed by atoms with E-state index < -0.39 is 6.23 Å². The highest BCUT2D eigenvalue weighted by molar-refractivity contribution is 6.42. The first-order chi connectivity index (χ1) is 17.2. The predicted octanol–water partition coefficient (Wildman–Crippen LogP) is 2.57. The Morgan fingerprint density at radius 2 is 1.83 bits per heavy atom. The first-order valence-corrected chi connectivity index (χ1v) is 12.0. The number of ether oxygens (including phenoxy) is 2. The molecule has 1 aromatic carbocycles. The Hall–Kier alpha value is -2.83. The standard InChI is InChI=1S/C23H29Cl2N7O4/c1-6-17(33)27-13-10-30(2)11-14(13)28-22-26-8-12-9-32(23(34)31(3)21(12)29-22)20-18(24)15(35-4)7-16(36-5)19(20)25/h6-8,13-14,17,27,33H,1,9-11H2,2-5H3,(H,26,28,29). The predicted molar refractivity (Wildman–Crippen MR) is 140 cm³/mol. The minimum absolute atomic E-state index is 0.0511. The van der Waals surface area contributed by atoms with E-state index in [-0.39, 0.29) is 40.4 Å². The zero-order valence-electron chi connectivity index (χ0n) is 20.5. The zero-order chi connectivity index (χ0) is 26.1. The van der Waals surface area contributed by atoms with E-state index in [9.17, 15) is 9.90 Å². The lowest BCUT2D eigenvalue weighted by Crippen LogP contribution is -2.48. The summed E-state index contributed by atoms with van der Waals surface area (Å²) in [5.74, 6) is 1.51. The quantitative estimate of drug-likeness (QED) is 0.345. The van der Waals surface area contributed by atoms with Gasteiger partial charge in [0.2, 0.25) is 5.95 Å². The van der Waals surface area contributed by atoms with Crippen molar-refractivity contribution in [2.24, 2.45) is 0 Å². The van der Waals surface area contributed by atoms with Crippen LogP contribution in [0.1, 0.15) is 5.56 Å². The van der Waals surface area contributed by atoms with Crippen molar-refractivity contribution in [1.29, 1.82) is 0 Å². The van der Waals surface area contributed by atoms with E-state index in [1.54, 1.807) is 19.3 Å². The van der Waals surface area contributed by atoms with Gasteiger partial charge < -0.3 is 24.8 Å². The summed E-state index contributed by atoms with van der Waals surface area (Å²) < 4.78 is 10.7. The topological polar surface area (TPSA) is 115 Å². The maximum Gasteiger partial charge on any atom is 0.330 e. The number of urea groups is 1. The Labute approximate surface area is 219 Å². The largest absolute Gasteiger partial charge is 0.495 e. The number of rotatable bonds is 8.